The molecule has 100 valence electrons. The molecule has 19 heavy (non-hydrogen) atoms. The van der Waals surface area contributed by atoms with Gasteiger partial charge in [-0.3, -0.25) is 5.84 Å². The van der Waals surface area contributed by atoms with Crippen molar-refractivity contribution in [3.63, 3.8) is 0 Å². The zero-order chi connectivity index (χ0) is 14.0. The second-order valence-electron chi connectivity index (χ2n) is 3.93. The molecular formula is C13H10BrCl2FN2. The van der Waals surface area contributed by atoms with E-state index in [2.05, 4.69) is 21.4 Å². The Morgan fingerprint density at radius 2 is 1.79 bits per heavy atom. The summed E-state index contributed by atoms with van der Waals surface area (Å²) in [6.07, 6.45) is 0. The van der Waals surface area contributed by atoms with Crippen molar-refractivity contribution in [1.29, 1.82) is 0 Å². The quantitative estimate of drug-likeness (QED) is 0.624. The summed E-state index contributed by atoms with van der Waals surface area (Å²) in [6, 6.07) is 9.02. The fourth-order valence-corrected chi connectivity index (χ4v) is 2.83. The van der Waals surface area contributed by atoms with Crippen molar-refractivity contribution in [2.45, 2.75) is 6.04 Å². The second-order valence-corrected chi connectivity index (χ2v) is 5.66. The van der Waals surface area contributed by atoms with Gasteiger partial charge in [0.2, 0.25) is 0 Å². The molecule has 3 N–H and O–H groups in total. The summed E-state index contributed by atoms with van der Waals surface area (Å²) in [5.74, 6) is 5.18. The topological polar surface area (TPSA) is 38.0 Å². The largest absolute Gasteiger partial charge is 0.271 e. The van der Waals surface area contributed by atoms with Crippen LogP contribution >= 0.6 is 39.1 Å². The molecule has 0 spiro atoms. The Hall–Kier alpha value is -0.650. The molecule has 0 aliphatic heterocycles. The Morgan fingerprint density at radius 1 is 1.05 bits per heavy atom. The van der Waals surface area contributed by atoms with Gasteiger partial charge in [-0.15, -0.1) is 0 Å². The highest BCUT2D eigenvalue weighted by molar-refractivity contribution is 9.10. The van der Waals surface area contributed by atoms with Crippen LogP contribution in [0.3, 0.4) is 0 Å². The molecule has 0 radical (unpaired) electrons. The summed E-state index contributed by atoms with van der Waals surface area (Å²) in [6.45, 7) is 0. The van der Waals surface area contributed by atoms with Gasteiger partial charge in [0.05, 0.1) is 6.04 Å². The molecule has 0 aliphatic rings. The number of hydrazine groups is 1. The summed E-state index contributed by atoms with van der Waals surface area (Å²) < 4.78 is 14.2. The number of halogens is 4. The number of nitrogens with two attached hydrogens (primary N) is 1. The summed E-state index contributed by atoms with van der Waals surface area (Å²) in [4.78, 5) is 0. The summed E-state index contributed by atoms with van der Waals surface area (Å²) in [5, 5.41) is 0.931. The van der Waals surface area contributed by atoms with Crippen molar-refractivity contribution < 1.29 is 4.39 Å². The van der Waals surface area contributed by atoms with Crippen LogP contribution in [0.1, 0.15) is 17.2 Å². The van der Waals surface area contributed by atoms with E-state index in [1.165, 1.54) is 18.2 Å². The highest BCUT2D eigenvalue weighted by atomic mass is 79.9. The molecule has 0 heterocycles. The molecule has 2 nitrogen and oxygen atoms in total. The van der Waals surface area contributed by atoms with Gasteiger partial charge in [0.15, 0.2) is 0 Å². The van der Waals surface area contributed by atoms with Crippen molar-refractivity contribution in [3.8, 4) is 0 Å². The molecule has 0 bridgehead atoms. The lowest BCUT2D eigenvalue weighted by Crippen LogP contribution is -2.29. The minimum absolute atomic E-state index is 0.382. The van der Waals surface area contributed by atoms with Gasteiger partial charge in [-0.1, -0.05) is 45.2 Å². The van der Waals surface area contributed by atoms with Gasteiger partial charge in [-0.25, -0.2) is 9.82 Å². The fraction of sp³-hybridized carbons (Fsp3) is 0.0769. The van der Waals surface area contributed by atoms with E-state index in [1.807, 2.05) is 6.07 Å². The third-order valence-electron chi connectivity index (χ3n) is 2.71. The van der Waals surface area contributed by atoms with Gasteiger partial charge in [-0.05, 0) is 41.5 Å². The van der Waals surface area contributed by atoms with E-state index in [0.29, 0.717) is 15.6 Å². The maximum absolute atomic E-state index is 13.4. The summed E-state index contributed by atoms with van der Waals surface area (Å²) in [7, 11) is 0. The van der Waals surface area contributed by atoms with E-state index in [0.717, 1.165) is 10.0 Å². The Bertz CT molecular complexity index is 607. The molecule has 6 heteroatoms. The first-order chi connectivity index (χ1) is 9.02. The lowest BCUT2D eigenvalue weighted by molar-refractivity contribution is 0.605. The Morgan fingerprint density at radius 3 is 2.42 bits per heavy atom. The van der Waals surface area contributed by atoms with E-state index in [4.69, 9.17) is 29.0 Å². The molecular weight excluding hydrogens is 354 g/mol. The zero-order valence-electron chi connectivity index (χ0n) is 9.63. The van der Waals surface area contributed by atoms with Crippen LogP contribution in [-0.4, -0.2) is 0 Å². The number of nitrogens with one attached hydrogen (secondary N) is 1. The molecule has 0 aliphatic carbocycles. The zero-order valence-corrected chi connectivity index (χ0v) is 12.7. The van der Waals surface area contributed by atoms with E-state index in [-0.39, 0.29) is 5.82 Å². The lowest BCUT2D eigenvalue weighted by Gasteiger charge is -2.19. The lowest BCUT2D eigenvalue weighted by atomic mass is 9.99. The molecule has 0 amide bonds. The maximum atomic E-state index is 13.4. The minimum atomic E-state index is -0.483. The van der Waals surface area contributed by atoms with Crippen LogP contribution in [0.15, 0.2) is 40.9 Å². The monoisotopic (exact) mass is 362 g/mol. The number of hydrogen-bond donors (Lipinski definition) is 2. The molecule has 1 atom stereocenters. The van der Waals surface area contributed by atoms with Crippen LogP contribution in [0, 0.1) is 5.82 Å². The van der Waals surface area contributed by atoms with E-state index >= 15 is 0 Å². The average molecular weight is 364 g/mol. The molecule has 0 aromatic heterocycles. The number of benzene rings is 2. The second kappa shape index (κ2) is 6.20. The molecule has 0 fully saturated rings. The first-order valence-corrected chi connectivity index (χ1v) is 6.94. The van der Waals surface area contributed by atoms with Crippen molar-refractivity contribution in [3.05, 3.63) is 67.9 Å². The van der Waals surface area contributed by atoms with Crippen LogP contribution < -0.4 is 11.3 Å². The van der Waals surface area contributed by atoms with Crippen molar-refractivity contribution in [2.75, 3.05) is 0 Å². The molecule has 0 saturated heterocycles. The van der Waals surface area contributed by atoms with Crippen LogP contribution in [0.25, 0.3) is 0 Å². The SMILES string of the molecule is NNC(c1ccc(Br)cc1Cl)c1cc(F)ccc1Cl. The Labute approximate surface area is 128 Å². The Balaban J connectivity index is 2.52. The predicted octanol–water partition coefficient (Wildman–Crippen LogP) is 4.45. The predicted molar refractivity (Wildman–Crippen MR) is 79.7 cm³/mol. The molecule has 2 aromatic carbocycles. The van der Waals surface area contributed by atoms with Gasteiger partial charge in [-0.2, -0.15) is 0 Å². The highest BCUT2D eigenvalue weighted by Crippen LogP contribution is 2.33. The van der Waals surface area contributed by atoms with E-state index in [9.17, 15) is 4.39 Å². The van der Waals surface area contributed by atoms with Crippen LogP contribution in [0.2, 0.25) is 10.0 Å². The maximum Gasteiger partial charge on any atom is 0.123 e. The van der Waals surface area contributed by atoms with Gasteiger partial charge < -0.3 is 0 Å². The van der Waals surface area contributed by atoms with Crippen LogP contribution in [0.5, 0.6) is 0 Å². The van der Waals surface area contributed by atoms with Gasteiger partial charge in [0.1, 0.15) is 5.82 Å². The van der Waals surface area contributed by atoms with Gasteiger partial charge in [0, 0.05) is 14.5 Å². The van der Waals surface area contributed by atoms with Crippen LogP contribution in [0.4, 0.5) is 4.39 Å². The summed E-state index contributed by atoms with van der Waals surface area (Å²) >= 11 is 15.6. The van der Waals surface area contributed by atoms with Crippen molar-refractivity contribution in [2.24, 2.45) is 5.84 Å². The van der Waals surface area contributed by atoms with Gasteiger partial charge >= 0.3 is 0 Å². The van der Waals surface area contributed by atoms with Crippen molar-refractivity contribution >= 4 is 39.1 Å². The average Bonchev–Trinajstić information content (AvgIpc) is 2.36. The molecule has 2 aromatic rings. The number of hydrogen-bond acceptors (Lipinski definition) is 2. The summed E-state index contributed by atoms with van der Waals surface area (Å²) in [5.41, 5.74) is 3.87. The molecule has 2 rings (SSSR count). The normalized spacial score (nSPS) is 12.5. The number of rotatable bonds is 3. The fourth-order valence-electron chi connectivity index (χ4n) is 1.82. The van der Waals surface area contributed by atoms with Gasteiger partial charge in [0.25, 0.3) is 0 Å². The first kappa shape index (κ1) is 14.8. The third kappa shape index (κ3) is 3.27. The first-order valence-electron chi connectivity index (χ1n) is 5.39. The third-order valence-corrected chi connectivity index (χ3v) is 3.87. The molecule has 1 unspecified atom stereocenters. The minimum Gasteiger partial charge on any atom is -0.271 e. The highest BCUT2D eigenvalue weighted by Gasteiger charge is 2.19. The smallest absolute Gasteiger partial charge is 0.123 e. The molecule has 0 saturated carbocycles. The van der Waals surface area contributed by atoms with E-state index < -0.39 is 6.04 Å². The van der Waals surface area contributed by atoms with E-state index in [1.54, 1.807) is 12.1 Å². The Kier molecular flexibility index (Phi) is 4.81. The standard InChI is InChI=1S/C13H10BrCl2FN2/c14-7-1-3-9(12(16)5-7)13(19-18)10-6-8(17)2-4-11(10)15/h1-6,13,19H,18H2. The van der Waals surface area contributed by atoms with Crippen LogP contribution in [-0.2, 0) is 0 Å². The van der Waals surface area contributed by atoms with Crippen molar-refractivity contribution in [1.82, 2.24) is 5.43 Å².